The second-order valence-corrected chi connectivity index (χ2v) is 8.44. The fraction of sp³-hybridized carbons (Fsp3) is 0.227. The Labute approximate surface area is 188 Å². The summed E-state index contributed by atoms with van der Waals surface area (Å²) in [4.78, 5) is 6.63. The van der Waals surface area contributed by atoms with Crippen LogP contribution in [0, 0.1) is 5.82 Å². The van der Waals surface area contributed by atoms with E-state index in [0.29, 0.717) is 53.9 Å². The molecule has 1 saturated heterocycles. The fourth-order valence-corrected chi connectivity index (χ4v) is 4.77. The van der Waals surface area contributed by atoms with E-state index < -0.39 is 0 Å². The molecule has 0 aliphatic carbocycles. The number of pyridine rings is 1. The second-order valence-electron chi connectivity index (χ2n) is 7.09. The van der Waals surface area contributed by atoms with Crippen LogP contribution in [0.2, 0.25) is 5.02 Å². The van der Waals surface area contributed by atoms with Gasteiger partial charge in [0.05, 0.1) is 24.4 Å². The molecule has 2 aromatic heterocycles. The topological polar surface area (TPSA) is 56.1 Å². The van der Waals surface area contributed by atoms with Crippen molar-refractivity contribution in [3.05, 3.63) is 71.1 Å². The Kier molecular flexibility index (Phi) is 5.76. The Morgan fingerprint density at radius 1 is 1.06 bits per heavy atom. The second kappa shape index (κ2) is 8.82. The Balaban J connectivity index is 1.51. The third kappa shape index (κ3) is 4.11. The molecule has 5 rings (SSSR count). The molecule has 0 atom stereocenters. The predicted molar refractivity (Wildman–Crippen MR) is 121 cm³/mol. The van der Waals surface area contributed by atoms with Gasteiger partial charge in [0.15, 0.2) is 5.16 Å². The van der Waals surface area contributed by atoms with Crippen molar-refractivity contribution in [3.63, 3.8) is 0 Å². The van der Waals surface area contributed by atoms with Crippen LogP contribution in [0.5, 0.6) is 0 Å². The van der Waals surface area contributed by atoms with E-state index in [-0.39, 0.29) is 5.82 Å². The van der Waals surface area contributed by atoms with Crippen LogP contribution in [0.1, 0.15) is 5.56 Å². The Bertz CT molecular complexity index is 1230. The summed E-state index contributed by atoms with van der Waals surface area (Å²) in [5.74, 6) is 1.01. The molecule has 1 fully saturated rings. The van der Waals surface area contributed by atoms with E-state index in [4.69, 9.17) is 16.3 Å². The van der Waals surface area contributed by atoms with Crippen LogP contribution in [0.3, 0.4) is 0 Å². The van der Waals surface area contributed by atoms with E-state index in [9.17, 15) is 4.39 Å². The average molecular weight is 456 g/mol. The number of halogens is 2. The summed E-state index contributed by atoms with van der Waals surface area (Å²) in [6.45, 7) is 2.68. The van der Waals surface area contributed by atoms with Crippen molar-refractivity contribution in [1.82, 2.24) is 19.7 Å². The van der Waals surface area contributed by atoms with E-state index >= 15 is 0 Å². The van der Waals surface area contributed by atoms with Gasteiger partial charge in [0, 0.05) is 35.4 Å². The molecule has 1 aliphatic rings. The van der Waals surface area contributed by atoms with Crippen LogP contribution < -0.4 is 4.90 Å². The minimum absolute atomic E-state index is 0.303. The fourth-order valence-electron chi connectivity index (χ4n) is 3.62. The number of nitrogens with zero attached hydrogens (tertiary/aromatic N) is 5. The molecule has 0 N–H and O–H groups in total. The molecule has 0 spiro atoms. The molecule has 31 heavy (non-hydrogen) atoms. The Hall–Kier alpha value is -2.68. The maximum Gasteiger partial charge on any atom is 0.232 e. The summed E-state index contributed by atoms with van der Waals surface area (Å²) in [6, 6.07) is 14.2. The number of fused-ring (bicyclic) bond motifs is 1. The highest BCUT2D eigenvalue weighted by molar-refractivity contribution is 7.98. The van der Waals surface area contributed by atoms with E-state index in [1.165, 1.54) is 23.9 Å². The molecule has 0 bridgehead atoms. The molecule has 0 unspecified atom stereocenters. The van der Waals surface area contributed by atoms with Crippen LogP contribution in [0.4, 0.5) is 10.3 Å². The zero-order chi connectivity index (χ0) is 21.2. The zero-order valence-corrected chi connectivity index (χ0v) is 18.1. The van der Waals surface area contributed by atoms with Crippen LogP contribution >= 0.6 is 23.4 Å². The first-order valence-corrected chi connectivity index (χ1v) is 11.3. The van der Waals surface area contributed by atoms with Gasteiger partial charge >= 0.3 is 0 Å². The molecule has 6 nitrogen and oxygen atoms in total. The number of anilines is 1. The maximum absolute atomic E-state index is 14.0. The smallest absolute Gasteiger partial charge is 0.232 e. The van der Waals surface area contributed by atoms with Crippen molar-refractivity contribution in [2.45, 2.75) is 10.9 Å². The van der Waals surface area contributed by atoms with Gasteiger partial charge in [0.2, 0.25) is 5.95 Å². The first-order chi connectivity index (χ1) is 15.2. The lowest BCUT2D eigenvalue weighted by Gasteiger charge is -2.27. The summed E-state index contributed by atoms with van der Waals surface area (Å²) in [7, 11) is 0. The lowest BCUT2D eigenvalue weighted by Crippen LogP contribution is -2.37. The lowest BCUT2D eigenvalue weighted by atomic mass is 10.1. The SMILES string of the molecule is Fc1cccc(-n2c(SCc3ccc(Cl)c4cccnc34)nnc2N2CCOCC2)c1. The first-order valence-electron chi connectivity index (χ1n) is 9.89. The first kappa shape index (κ1) is 20.2. The molecular weight excluding hydrogens is 437 g/mol. The van der Waals surface area contributed by atoms with Crippen molar-refractivity contribution >= 4 is 40.2 Å². The normalized spacial score (nSPS) is 14.3. The van der Waals surface area contributed by atoms with Gasteiger partial charge in [-0.25, -0.2) is 4.39 Å². The summed E-state index contributed by atoms with van der Waals surface area (Å²) in [5, 5.41) is 11.2. The van der Waals surface area contributed by atoms with E-state index in [1.807, 2.05) is 34.9 Å². The van der Waals surface area contributed by atoms with E-state index in [2.05, 4.69) is 20.1 Å². The number of rotatable bonds is 5. The molecule has 158 valence electrons. The number of hydrogen-bond acceptors (Lipinski definition) is 6. The quantitative estimate of drug-likeness (QED) is 0.405. The van der Waals surface area contributed by atoms with Gasteiger partial charge in [-0.3, -0.25) is 9.55 Å². The monoisotopic (exact) mass is 455 g/mol. The van der Waals surface area contributed by atoms with Crippen LogP contribution in [-0.2, 0) is 10.5 Å². The number of thioether (sulfide) groups is 1. The standard InChI is InChI=1S/C22H19ClFN5OS/c23-19-7-6-15(20-18(19)5-2-8-25-20)14-31-22-27-26-21(28-9-11-30-12-10-28)29(22)17-4-1-3-16(24)13-17/h1-8,13H,9-12,14H2. The number of ether oxygens (including phenoxy) is 1. The third-order valence-electron chi connectivity index (χ3n) is 5.13. The number of hydrogen-bond donors (Lipinski definition) is 0. The highest BCUT2D eigenvalue weighted by Gasteiger charge is 2.22. The van der Waals surface area contributed by atoms with Crippen molar-refractivity contribution in [1.29, 1.82) is 0 Å². The minimum Gasteiger partial charge on any atom is -0.378 e. The summed E-state index contributed by atoms with van der Waals surface area (Å²) < 4.78 is 21.4. The Morgan fingerprint density at radius 2 is 1.94 bits per heavy atom. The Morgan fingerprint density at radius 3 is 2.77 bits per heavy atom. The van der Waals surface area contributed by atoms with E-state index in [0.717, 1.165) is 16.5 Å². The number of morpholine rings is 1. The summed E-state index contributed by atoms with van der Waals surface area (Å²) in [6.07, 6.45) is 1.76. The van der Waals surface area contributed by atoms with Gasteiger partial charge in [-0.2, -0.15) is 0 Å². The van der Waals surface area contributed by atoms with Crippen molar-refractivity contribution in [3.8, 4) is 5.69 Å². The molecule has 3 heterocycles. The van der Waals surface area contributed by atoms with Gasteiger partial charge in [-0.1, -0.05) is 35.5 Å². The molecule has 0 saturated carbocycles. The van der Waals surface area contributed by atoms with Gasteiger partial charge in [-0.15, -0.1) is 10.2 Å². The summed E-state index contributed by atoms with van der Waals surface area (Å²) >= 11 is 7.86. The predicted octanol–water partition coefficient (Wildman–Crippen LogP) is 4.74. The van der Waals surface area contributed by atoms with Gasteiger partial charge in [-0.05, 0) is 42.0 Å². The average Bonchev–Trinajstić information content (AvgIpc) is 3.23. The van der Waals surface area contributed by atoms with Gasteiger partial charge < -0.3 is 9.64 Å². The van der Waals surface area contributed by atoms with Gasteiger partial charge in [0.1, 0.15) is 5.82 Å². The maximum atomic E-state index is 14.0. The highest BCUT2D eigenvalue weighted by atomic mass is 35.5. The van der Waals surface area contributed by atoms with Crippen LogP contribution in [-0.4, -0.2) is 46.1 Å². The van der Waals surface area contributed by atoms with E-state index in [1.54, 1.807) is 12.3 Å². The molecule has 0 radical (unpaired) electrons. The molecule has 9 heteroatoms. The minimum atomic E-state index is -0.303. The lowest BCUT2D eigenvalue weighted by molar-refractivity contribution is 0.122. The highest BCUT2D eigenvalue weighted by Crippen LogP contribution is 2.32. The molecule has 0 amide bonds. The van der Waals surface area contributed by atoms with Crippen LogP contribution in [0.25, 0.3) is 16.6 Å². The molecular formula is C22H19ClFN5OS. The third-order valence-corrected chi connectivity index (χ3v) is 6.44. The zero-order valence-electron chi connectivity index (χ0n) is 16.5. The van der Waals surface area contributed by atoms with Crippen LogP contribution in [0.15, 0.2) is 59.9 Å². The summed E-state index contributed by atoms with van der Waals surface area (Å²) in [5.41, 5.74) is 2.60. The number of aromatic nitrogens is 4. The van der Waals surface area contributed by atoms with Crippen molar-refractivity contribution in [2.24, 2.45) is 0 Å². The largest absolute Gasteiger partial charge is 0.378 e. The molecule has 2 aromatic carbocycles. The van der Waals surface area contributed by atoms with Crippen molar-refractivity contribution < 1.29 is 9.13 Å². The van der Waals surface area contributed by atoms with Gasteiger partial charge in [0.25, 0.3) is 0 Å². The molecule has 1 aliphatic heterocycles. The number of benzene rings is 2. The molecule has 4 aromatic rings. The van der Waals surface area contributed by atoms with Crippen molar-refractivity contribution in [2.75, 3.05) is 31.2 Å².